The van der Waals surface area contributed by atoms with Crippen LogP contribution < -0.4 is 5.32 Å². The van der Waals surface area contributed by atoms with Gasteiger partial charge in [-0.3, -0.25) is 9.59 Å². The van der Waals surface area contributed by atoms with E-state index in [1.165, 1.54) is 29.6 Å². The molecule has 7 nitrogen and oxygen atoms in total. The van der Waals surface area contributed by atoms with E-state index in [4.69, 9.17) is 27.9 Å². The van der Waals surface area contributed by atoms with Crippen LogP contribution in [0.15, 0.2) is 23.1 Å². The van der Waals surface area contributed by atoms with E-state index in [0.29, 0.717) is 12.8 Å². The number of piperidine rings is 1. The number of likely N-dealkylation sites (N-methyl/N-ethyl adjacent to an activating group) is 1. The average Bonchev–Trinajstić information content (AvgIpc) is 2.61. The van der Waals surface area contributed by atoms with Gasteiger partial charge in [-0.1, -0.05) is 23.2 Å². The molecule has 0 spiro atoms. The quantitative estimate of drug-likeness (QED) is 0.748. The highest BCUT2D eigenvalue weighted by Gasteiger charge is 2.34. The van der Waals surface area contributed by atoms with E-state index >= 15 is 0 Å². The number of carbonyl (C=O) groups is 2. The maximum absolute atomic E-state index is 12.7. The van der Waals surface area contributed by atoms with Gasteiger partial charge < -0.3 is 10.1 Å². The molecule has 10 heteroatoms. The molecular weight excluding hydrogens is 391 g/mol. The van der Waals surface area contributed by atoms with Crippen molar-refractivity contribution in [2.24, 2.45) is 5.92 Å². The van der Waals surface area contributed by atoms with Gasteiger partial charge in [0.2, 0.25) is 10.0 Å². The molecule has 1 N–H and O–H groups in total. The van der Waals surface area contributed by atoms with Crippen LogP contribution in [0.1, 0.15) is 12.8 Å². The van der Waals surface area contributed by atoms with E-state index < -0.39 is 27.8 Å². The zero-order chi connectivity index (χ0) is 18.6. The number of hydrogen-bond donors (Lipinski definition) is 1. The third kappa shape index (κ3) is 4.84. The summed E-state index contributed by atoms with van der Waals surface area (Å²) in [5, 5.41) is 2.72. The second kappa shape index (κ2) is 8.35. The molecule has 1 aromatic carbocycles. The first-order valence-electron chi connectivity index (χ1n) is 7.58. The van der Waals surface area contributed by atoms with Crippen molar-refractivity contribution in [2.75, 3.05) is 26.7 Å². The molecule has 1 aliphatic heterocycles. The van der Waals surface area contributed by atoms with Gasteiger partial charge in [-0.05, 0) is 31.0 Å². The lowest BCUT2D eigenvalue weighted by atomic mass is 9.98. The van der Waals surface area contributed by atoms with Gasteiger partial charge in [0.25, 0.3) is 5.91 Å². The topological polar surface area (TPSA) is 92.8 Å². The van der Waals surface area contributed by atoms with Gasteiger partial charge in [0, 0.05) is 25.2 Å². The summed E-state index contributed by atoms with van der Waals surface area (Å²) in [4.78, 5) is 23.0. The van der Waals surface area contributed by atoms with Gasteiger partial charge in [-0.15, -0.1) is 0 Å². The lowest BCUT2D eigenvalue weighted by Gasteiger charge is -2.30. The van der Waals surface area contributed by atoms with E-state index in [9.17, 15) is 18.0 Å². The third-order valence-corrected chi connectivity index (χ3v) is 6.54. The van der Waals surface area contributed by atoms with Crippen LogP contribution in [-0.4, -0.2) is 51.3 Å². The van der Waals surface area contributed by atoms with Gasteiger partial charge in [-0.2, -0.15) is 4.31 Å². The van der Waals surface area contributed by atoms with Gasteiger partial charge in [-0.25, -0.2) is 8.42 Å². The lowest BCUT2D eigenvalue weighted by molar-refractivity contribution is -0.153. The molecule has 1 saturated heterocycles. The molecule has 0 radical (unpaired) electrons. The Bertz CT molecular complexity index is 761. The Hall–Kier alpha value is -1.35. The van der Waals surface area contributed by atoms with Gasteiger partial charge in [0.15, 0.2) is 6.61 Å². The summed E-state index contributed by atoms with van der Waals surface area (Å²) in [5.74, 6) is -1.34. The Kier molecular flexibility index (Phi) is 6.67. The molecule has 1 aromatic rings. The monoisotopic (exact) mass is 408 g/mol. The van der Waals surface area contributed by atoms with E-state index in [-0.39, 0.29) is 34.6 Å². The molecule has 1 aliphatic rings. The first kappa shape index (κ1) is 20.0. The van der Waals surface area contributed by atoms with E-state index in [1.807, 2.05) is 0 Å². The van der Waals surface area contributed by atoms with Crippen molar-refractivity contribution < 1.29 is 22.7 Å². The number of nitrogens with zero attached hydrogens (tertiary/aromatic N) is 1. The Morgan fingerprint density at radius 2 is 1.92 bits per heavy atom. The summed E-state index contributed by atoms with van der Waals surface area (Å²) >= 11 is 11.9. The molecule has 1 heterocycles. The van der Waals surface area contributed by atoms with Crippen LogP contribution in [0, 0.1) is 5.92 Å². The van der Waals surface area contributed by atoms with Gasteiger partial charge in [0.05, 0.1) is 10.9 Å². The molecule has 0 bridgehead atoms. The fourth-order valence-electron chi connectivity index (χ4n) is 2.47. The van der Waals surface area contributed by atoms with Crippen molar-refractivity contribution in [1.82, 2.24) is 9.62 Å². The maximum atomic E-state index is 12.7. The number of benzene rings is 1. The van der Waals surface area contributed by atoms with E-state index in [0.717, 1.165) is 0 Å². The SMILES string of the molecule is CNC(=O)COC(=O)C1CCN(S(=O)(=O)c2cc(Cl)ccc2Cl)CC1. The minimum Gasteiger partial charge on any atom is -0.455 e. The fraction of sp³-hybridized carbons (Fsp3) is 0.467. The third-order valence-electron chi connectivity index (χ3n) is 3.92. The molecule has 0 saturated carbocycles. The van der Waals surface area contributed by atoms with Crippen LogP contribution >= 0.6 is 23.2 Å². The van der Waals surface area contributed by atoms with Crippen molar-refractivity contribution in [3.8, 4) is 0 Å². The first-order chi connectivity index (χ1) is 11.8. The second-order valence-electron chi connectivity index (χ2n) is 5.53. The highest BCUT2D eigenvalue weighted by atomic mass is 35.5. The zero-order valence-corrected chi connectivity index (χ0v) is 15.8. The predicted octanol–water partition coefficient (Wildman–Crippen LogP) is 1.68. The molecule has 138 valence electrons. The molecule has 0 atom stereocenters. The fourth-order valence-corrected chi connectivity index (χ4v) is 4.68. The second-order valence-corrected chi connectivity index (χ2v) is 8.28. The standard InChI is InChI=1S/C15H18Cl2N2O5S/c1-18-14(20)9-24-15(21)10-4-6-19(7-5-10)25(22,23)13-8-11(16)2-3-12(13)17/h2-3,8,10H,4-7,9H2,1H3,(H,18,20). The number of esters is 1. The van der Waals surface area contributed by atoms with Crippen molar-refractivity contribution in [1.29, 1.82) is 0 Å². The van der Waals surface area contributed by atoms with Gasteiger partial charge >= 0.3 is 5.97 Å². The van der Waals surface area contributed by atoms with Crippen molar-refractivity contribution in [3.63, 3.8) is 0 Å². The van der Waals surface area contributed by atoms with Crippen LogP contribution in [0.5, 0.6) is 0 Å². The Morgan fingerprint density at radius 3 is 2.52 bits per heavy atom. The van der Waals surface area contributed by atoms with Gasteiger partial charge in [0.1, 0.15) is 4.90 Å². The predicted molar refractivity (Wildman–Crippen MR) is 93.0 cm³/mol. The zero-order valence-electron chi connectivity index (χ0n) is 13.5. The minimum absolute atomic E-state index is 0.0534. The number of sulfonamides is 1. The molecule has 0 aliphatic carbocycles. The Morgan fingerprint density at radius 1 is 1.28 bits per heavy atom. The number of hydrogen-bond acceptors (Lipinski definition) is 5. The molecule has 25 heavy (non-hydrogen) atoms. The molecule has 1 fully saturated rings. The summed E-state index contributed by atoms with van der Waals surface area (Å²) in [5.41, 5.74) is 0. The van der Waals surface area contributed by atoms with Crippen molar-refractivity contribution >= 4 is 45.1 Å². The smallest absolute Gasteiger partial charge is 0.309 e. The Balaban J connectivity index is 2.00. The summed E-state index contributed by atoms with van der Waals surface area (Å²) in [6.07, 6.45) is 0.619. The average molecular weight is 409 g/mol. The van der Waals surface area contributed by atoms with Crippen LogP contribution in [0.2, 0.25) is 10.0 Å². The van der Waals surface area contributed by atoms with Crippen LogP contribution in [0.25, 0.3) is 0 Å². The maximum Gasteiger partial charge on any atom is 0.309 e. The van der Waals surface area contributed by atoms with Crippen LogP contribution in [0.4, 0.5) is 0 Å². The summed E-state index contributed by atoms with van der Waals surface area (Å²) in [7, 11) is -2.35. The molecule has 1 amide bonds. The number of amides is 1. The lowest BCUT2D eigenvalue weighted by Crippen LogP contribution is -2.41. The van der Waals surface area contributed by atoms with Crippen LogP contribution in [0.3, 0.4) is 0 Å². The normalized spacial score (nSPS) is 16.4. The first-order valence-corrected chi connectivity index (χ1v) is 9.77. The summed E-state index contributed by atoms with van der Waals surface area (Å²) in [6, 6.07) is 4.25. The number of ether oxygens (including phenoxy) is 1. The molecule has 0 unspecified atom stereocenters. The van der Waals surface area contributed by atoms with Crippen molar-refractivity contribution in [2.45, 2.75) is 17.7 Å². The van der Waals surface area contributed by atoms with E-state index in [1.54, 1.807) is 0 Å². The molecular formula is C15H18Cl2N2O5S. The number of rotatable bonds is 5. The molecule has 2 rings (SSSR count). The highest BCUT2D eigenvalue weighted by molar-refractivity contribution is 7.89. The number of nitrogens with one attached hydrogen (secondary N) is 1. The summed E-state index contributed by atoms with van der Waals surface area (Å²) < 4.78 is 31.6. The summed E-state index contributed by atoms with van der Waals surface area (Å²) in [6.45, 7) is -0.0260. The Labute approximate surface area is 156 Å². The van der Waals surface area contributed by atoms with E-state index in [2.05, 4.69) is 5.32 Å². The highest BCUT2D eigenvalue weighted by Crippen LogP contribution is 2.30. The largest absolute Gasteiger partial charge is 0.455 e. The molecule has 0 aromatic heterocycles. The number of carbonyl (C=O) groups excluding carboxylic acids is 2. The minimum atomic E-state index is -3.79. The van der Waals surface area contributed by atoms with Crippen LogP contribution in [-0.2, 0) is 24.3 Å². The van der Waals surface area contributed by atoms with Crippen molar-refractivity contribution in [3.05, 3.63) is 28.2 Å². The number of halogens is 2.